The third kappa shape index (κ3) is 5.42. The summed E-state index contributed by atoms with van der Waals surface area (Å²) in [7, 11) is -4.12. The summed E-state index contributed by atoms with van der Waals surface area (Å²) < 4.78 is 59.6. The summed E-state index contributed by atoms with van der Waals surface area (Å²) in [4.78, 5) is 12.6. The molecule has 168 valence electrons. The third-order valence-electron chi connectivity index (χ3n) is 4.54. The van der Waals surface area contributed by atoms with Crippen molar-refractivity contribution in [2.75, 3.05) is 22.8 Å². The van der Waals surface area contributed by atoms with Gasteiger partial charge in [0.1, 0.15) is 12.3 Å². The summed E-state index contributed by atoms with van der Waals surface area (Å²) in [5.74, 6) is -2.38. The Bertz CT molecular complexity index is 1200. The first-order chi connectivity index (χ1) is 15.2. The van der Waals surface area contributed by atoms with E-state index in [1.54, 1.807) is 24.3 Å². The molecule has 1 amide bonds. The average Bonchev–Trinajstić information content (AvgIpc) is 2.76. The number of amides is 1. The molecule has 0 heterocycles. The number of sulfonamides is 1. The van der Waals surface area contributed by atoms with Crippen LogP contribution in [0.25, 0.3) is 0 Å². The predicted molar refractivity (Wildman–Crippen MR) is 118 cm³/mol. The number of nitrogens with zero attached hydrogens (tertiary/aromatic N) is 1. The smallest absolute Gasteiger partial charge is 0.264 e. The molecular weight excluding hydrogens is 438 g/mol. The van der Waals surface area contributed by atoms with Gasteiger partial charge in [0.25, 0.3) is 10.0 Å². The van der Waals surface area contributed by atoms with Crippen LogP contribution in [0.4, 0.5) is 20.2 Å². The van der Waals surface area contributed by atoms with Crippen molar-refractivity contribution in [2.24, 2.45) is 0 Å². The first kappa shape index (κ1) is 23.2. The lowest BCUT2D eigenvalue weighted by atomic mass is 10.2. The van der Waals surface area contributed by atoms with E-state index in [4.69, 9.17) is 4.74 Å². The van der Waals surface area contributed by atoms with Crippen molar-refractivity contribution in [1.29, 1.82) is 0 Å². The molecule has 1 N–H and O–H groups in total. The van der Waals surface area contributed by atoms with Gasteiger partial charge in [-0.1, -0.05) is 17.7 Å². The Morgan fingerprint density at radius 1 is 0.969 bits per heavy atom. The SMILES string of the molecule is CCOc1ccc(S(=O)(=O)N(CC(=O)Nc2ccc(F)c(F)c2)c2ccc(C)cc2)cc1. The van der Waals surface area contributed by atoms with Gasteiger partial charge in [0, 0.05) is 11.8 Å². The molecule has 0 aliphatic carbocycles. The normalized spacial score (nSPS) is 11.1. The van der Waals surface area contributed by atoms with Crippen molar-refractivity contribution in [3.8, 4) is 5.75 Å². The van der Waals surface area contributed by atoms with Gasteiger partial charge in [0.15, 0.2) is 11.6 Å². The Hall–Kier alpha value is -3.46. The molecule has 0 aromatic heterocycles. The highest BCUT2D eigenvalue weighted by molar-refractivity contribution is 7.92. The minimum atomic E-state index is -4.12. The molecule has 3 aromatic rings. The number of nitrogens with one attached hydrogen (secondary N) is 1. The molecule has 0 saturated heterocycles. The molecule has 0 bridgehead atoms. The number of benzene rings is 3. The Morgan fingerprint density at radius 3 is 2.22 bits per heavy atom. The van der Waals surface area contributed by atoms with Gasteiger partial charge in [-0.05, 0) is 62.4 Å². The number of anilines is 2. The van der Waals surface area contributed by atoms with E-state index in [0.29, 0.717) is 12.4 Å². The van der Waals surface area contributed by atoms with Crippen LogP contribution in [0.5, 0.6) is 5.75 Å². The summed E-state index contributed by atoms with van der Waals surface area (Å²) in [5.41, 5.74) is 1.21. The molecule has 0 atom stereocenters. The molecule has 6 nitrogen and oxygen atoms in total. The van der Waals surface area contributed by atoms with Gasteiger partial charge in [-0.15, -0.1) is 0 Å². The van der Waals surface area contributed by atoms with Crippen LogP contribution >= 0.6 is 0 Å². The van der Waals surface area contributed by atoms with Crippen LogP contribution in [0.2, 0.25) is 0 Å². The fourth-order valence-electron chi connectivity index (χ4n) is 2.93. The Morgan fingerprint density at radius 2 is 1.62 bits per heavy atom. The highest BCUT2D eigenvalue weighted by atomic mass is 32.2. The van der Waals surface area contributed by atoms with Crippen molar-refractivity contribution in [2.45, 2.75) is 18.7 Å². The number of hydrogen-bond acceptors (Lipinski definition) is 4. The van der Waals surface area contributed by atoms with Gasteiger partial charge in [0.2, 0.25) is 5.91 Å². The number of carbonyl (C=O) groups excluding carboxylic acids is 1. The van der Waals surface area contributed by atoms with Crippen molar-refractivity contribution >= 4 is 27.3 Å². The summed E-state index contributed by atoms with van der Waals surface area (Å²) in [6.45, 7) is 3.53. The number of aryl methyl sites for hydroxylation is 1. The second-order valence-corrected chi connectivity index (χ2v) is 8.79. The van der Waals surface area contributed by atoms with E-state index in [0.717, 1.165) is 22.0 Å². The molecule has 3 rings (SSSR count). The van der Waals surface area contributed by atoms with Crippen LogP contribution in [-0.2, 0) is 14.8 Å². The second-order valence-electron chi connectivity index (χ2n) is 6.93. The van der Waals surface area contributed by atoms with Gasteiger partial charge in [0.05, 0.1) is 17.2 Å². The Labute approximate surface area is 185 Å². The summed E-state index contributed by atoms with van der Waals surface area (Å²) in [5, 5.41) is 2.40. The lowest BCUT2D eigenvalue weighted by Crippen LogP contribution is -2.38. The van der Waals surface area contributed by atoms with Crippen LogP contribution in [-0.4, -0.2) is 27.5 Å². The van der Waals surface area contributed by atoms with Gasteiger partial charge in [-0.2, -0.15) is 0 Å². The zero-order valence-electron chi connectivity index (χ0n) is 17.5. The standard InChI is InChI=1S/C23H22F2N2O4S/c1-3-31-19-9-11-20(12-10-19)32(29,30)27(18-7-4-16(2)5-8-18)15-23(28)26-17-6-13-21(24)22(25)14-17/h4-14H,3,15H2,1-2H3,(H,26,28). The van der Waals surface area contributed by atoms with Crippen molar-refractivity contribution in [3.63, 3.8) is 0 Å². The maximum atomic E-state index is 13.5. The number of hydrogen-bond donors (Lipinski definition) is 1. The van der Waals surface area contributed by atoms with E-state index >= 15 is 0 Å². The lowest BCUT2D eigenvalue weighted by molar-refractivity contribution is -0.114. The molecular formula is C23H22F2N2O4S. The Kier molecular flexibility index (Phi) is 7.09. The van der Waals surface area contributed by atoms with Crippen molar-refractivity contribution < 1.29 is 26.7 Å². The molecule has 32 heavy (non-hydrogen) atoms. The molecule has 0 fully saturated rings. The molecule has 0 spiro atoms. The van der Waals surface area contributed by atoms with Gasteiger partial charge in [-0.3, -0.25) is 9.10 Å². The summed E-state index contributed by atoms with van der Waals surface area (Å²) >= 11 is 0. The fourth-order valence-corrected chi connectivity index (χ4v) is 4.35. The van der Waals surface area contributed by atoms with Crippen LogP contribution in [0.1, 0.15) is 12.5 Å². The highest BCUT2D eigenvalue weighted by Gasteiger charge is 2.27. The number of rotatable bonds is 8. The van der Waals surface area contributed by atoms with Crippen LogP contribution in [0, 0.1) is 18.6 Å². The summed E-state index contributed by atoms with van der Waals surface area (Å²) in [6.07, 6.45) is 0. The zero-order valence-corrected chi connectivity index (χ0v) is 18.3. The average molecular weight is 461 g/mol. The molecule has 0 unspecified atom stereocenters. The van der Waals surface area contributed by atoms with E-state index in [2.05, 4.69) is 5.32 Å². The molecule has 0 aliphatic heterocycles. The van der Waals surface area contributed by atoms with Gasteiger partial charge in [-0.25, -0.2) is 17.2 Å². The van der Waals surface area contributed by atoms with E-state index in [1.165, 1.54) is 30.3 Å². The molecule has 0 aliphatic rings. The number of ether oxygens (including phenoxy) is 1. The van der Waals surface area contributed by atoms with Crippen LogP contribution in [0.3, 0.4) is 0 Å². The van der Waals surface area contributed by atoms with Crippen molar-refractivity contribution in [1.82, 2.24) is 0 Å². The summed E-state index contributed by atoms with van der Waals surface area (Å²) in [6, 6.07) is 15.4. The number of halogens is 2. The first-order valence-corrected chi connectivity index (χ1v) is 11.2. The van der Waals surface area contributed by atoms with E-state index in [1.807, 2.05) is 13.8 Å². The number of carbonyl (C=O) groups is 1. The highest BCUT2D eigenvalue weighted by Crippen LogP contribution is 2.26. The predicted octanol–water partition coefficient (Wildman–Crippen LogP) is 4.51. The maximum absolute atomic E-state index is 13.5. The third-order valence-corrected chi connectivity index (χ3v) is 6.32. The monoisotopic (exact) mass is 460 g/mol. The largest absolute Gasteiger partial charge is 0.494 e. The first-order valence-electron chi connectivity index (χ1n) is 9.78. The quantitative estimate of drug-likeness (QED) is 0.537. The minimum absolute atomic E-state index is 0.0104. The topological polar surface area (TPSA) is 75.7 Å². The van der Waals surface area contributed by atoms with Gasteiger partial charge < -0.3 is 10.1 Å². The molecule has 9 heteroatoms. The lowest BCUT2D eigenvalue weighted by Gasteiger charge is -2.24. The Balaban J connectivity index is 1.91. The van der Waals surface area contributed by atoms with Crippen LogP contribution < -0.4 is 14.4 Å². The molecule has 3 aromatic carbocycles. The van der Waals surface area contributed by atoms with Crippen LogP contribution in [0.15, 0.2) is 71.6 Å². The maximum Gasteiger partial charge on any atom is 0.264 e. The fraction of sp³-hybridized carbons (Fsp3) is 0.174. The van der Waals surface area contributed by atoms with E-state index in [-0.39, 0.29) is 16.3 Å². The van der Waals surface area contributed by atoms with E-state index < -0.39 is 34.1 Å². The second kappa shape index (κ2) is 9.78. The van der Waals surface area contributed by atoms with Gasteiger partial charge >= 0.3 is 0 Å². The zero-order chi connectivity index (χ0) is 23.3. The minimum Gasteiger partial charge on any atom is -0.494 e. The van der Waals surface area contributed by atoms with Crippen molar-refractivity contribution in [3.05, 3.63) is 83.9 Å². The molecule has 0 radical (unpaired) electrons. The molecule has 0 saturated carbocycles. The van der Waals surface area contributed by atoms with E-state index in [9.17, 15) is 22.0 Å².